The Morgan fingerprint density at radius 1 is 1.40 bits per heavy atom. The second-order valence-electron chi connectivity index (χ2n) is 2.81. The van der Waals surface area contributed by atoms with E-state index >= 15 is 0 Å². The zero-order valence-corrected chi connectivity index (χ0v) is 7.65. The molecule has 0 unspecified atom stereocenters. The fraction of sp³-hybridized carbons (Fsp3) is 0.778. The molecule has 0 aliphatic heterocycles. The second-order valence-corrected chi connectivity index (χ2v) is 2.81. The smallest absolute Gasteiger partial charge is 0.0166 e. The normalized spacial score (nSPS) is 11.8. The monoisotopic (exact) mass is 141 g/mol. The van der Waals surface area contributed by atoms with Gasteiger partial charge in [-0.3, -0.25) is 0 Å². The van der Waals surface area contributed by atoms with Gasteiger partial charge >= 0.3 is 0 Å². The van der Waals surface area contributed by atoms with Gasteiger partial charge in [0.15, 0.2) is 0 Å². The van der Waals surface area contributed by atoms with Gasteiger partial charge in [-0.05, 0) is 26.0 Å². The highest BCUT2D eigenvalue weighted by atomic mass is 15.1. The Bertz CT molecular complexity index is 105. The fourth-order valence-electron chi connectivity index (χ4n) is 0.885. The summed E-state index contributed by atoms with van der Waals surface area (Å²) in [5.41, 5.74) is 1.45. The van der Waals surface area contributed by atoms with Crippen molar-refractivity contribution in [3.05, 3.63) is 11.8 Å². The number of hydrogen-bond acceptors (Lipinski definition) is 1. The molecule has 0 rings (SSSR count). The van der Waals surface area contributed by atoms with Gasteiger partial charge in [-0.25, -0.2) is 0 Å². The van der Waals surface area contributed by atoms with Gasteiger partial charge in [0.1, 0.15) is 0 Å². The first kappa shape index (κ1) is 9.54. The first-order valence-electron chi connectivity index (χ1n) is 4.08. The van der Waals surface area contributed by atoms with Crippen LogP contribution in [0.5, 0.6) is 0 Å². The molecule has 0 fully saturated rings. The zero-order valence-electron chi connectivity index (χ0n) is 7.65. The van der Waals surface area contributed by atoms with Gasteiger partial charge in [-0.2, -0.15) is 0 Å². The standard InChI is InChI=1S/C9H19N/c1-5-7-10(4)8-9(3)6-2/h8H,5-7H2,1-4H3. The lowest BCUT2D eigenvalue weighted by atomic mass is 10.2. The van der Waals surface area contributed by atoms with Gasteiger partial charge in [-0.1, -0.05) is 19.4 Å². The van der Waals surface area contributed by atoms with Gasteiger partial charge < -0.3 is 4.90 Å². The van der Waals surface area contributed by atoms with Crippen LogP contribution in [0.2, 0.25) is 0 Å². The van der Waals surface area contributed by atoms with E-state index in [4.69, 9.17) is 0 Å². The first-order valence-corrected chi connectivity index (χ1v) is 4.08. The van der Waals surface area contributed by atoms with E-state index in [9.17, 15) is 0 Å². The molecule has 0 aliphatic rings. The van der Waals surface area contributed by atoms with E-state index in [1.807, 2.05) is 0 Å². The molecule has 0 heterocycles. The van der Waals surface area contributed by atoms with Crippen molar-refractivity contribution in [2.24, 2.45) is 0 Å². The Hall–Kier alpha value is -0.460. The zero-order chi connectivity index (χ0) is 7.98. The van der Waals surface area contributed by atoms with Crippen LogP contribution in [0.15, 0.2) is 11.8 Å². The van der Waals surface area contributed by atoms with Crippen molar-refractivity contribution in [3.63, 3.8) is 0 Å². The topological polar surface area (TPSA) is 3.24 Å². The van der Waals surface area contributed by atoms with E-state index in [1.165, 1.54) is 12.0 Å². The Morgan fingerprint density at radius 3 is 2.40 bits per heavy atom. The highest BCUT2D eigenvalue weighted by Gasteiger charge is 1.88. The third-order valence-corrected chi connectivity index (χ3v) is 1.57. The van der Waals surface area contributed by atoms with Gasteiger partial charge in [0.05, 0.1) is 0 Å². The number of allylic oxidation sites excluding steroid dienone is 1. The van der Waals surface area contributed by atoms with Gasteiger partial charge in [0, 0.05) is 13.6 Å². The summed E-state index contributed by atoms with van der Waals surface area (Å²) in [4.78, 5) is 2.25. The van der Waals surface area contributed by atoms with E-state index in [1.54, 1.807) is 0 Å². The molecule has 0 bridgehead atoms. The van der Waals surface area contributed by atoms with Crippen molar-refractivity contribution in [1.82, 2.24) is 4.90 Å². The average Bonchev–Trinajstić information content (AvgIpc) is 1.88. The van der Waals surface area contributed by atoms with Crippen molar-refractivity contribution in [3.8, 4) is 0 Å². The summed E-state index contributed by atoms with van der Waals surface area (Å²) in [5, 5.41) is 0. The van der Waals surface area contributed by atoms with E-state index in [0.29, 0.717) is 0 Å². The van der Waals surface area contributed by atoms with E-state index in [0.717, 1.165) is 13.0 Å². The molecule has 1 nitrogen and oxygen atoms in total. The maximum Gasteiger partial charge on any atom is 0.0166 e. The molecule has 0 amide bonds. The van der Waals surface area contributed by atoms with E-state index in [-0.39, 0.29) is 0 Å². The summed E-state index contributed by atoms with van der Waals surface area (Å²) in [7, 11) is 2.13. The molecule has 0 saturated carbocycles. The van der Waals surface area contributed by atoms with Gasteiger partial charge in [0.2, 0.25) is 0 Å². The van der Waals surface area contributed by atoms with Crippen molar-refractivity contribution in [1.29, 1.82) is 0 Å². The molecule has 0 aromatic heterocycles. The van der Waals surface area contributed by atoms with Gasteiger partial charge in [0.25, 0.3) is 0 Å². The largest absolute Gasteiger partial charge is 0.380 e. The molecular formula is C9H19N. The number of rotatable bonds is 4. The van der Waals surface area contributed by atoms with Crippen molar-refractivity contribution in [2.75, 3.05) is 13.6 Å². The predicted molar refractivity (Wildman–Crippen MR) is 47.0 cm³/mol. The minimum absolute atomic E-state index is 1.16. The summed E-state index contributed by atoms with van der Waals surface area (Å²) in [6.45, 7) is 7.72. The van der Waals surface area contributed by atoms with Crippen LogP contribution in [-0.4, -0.2) is 18.5 Å². The lowest BCUT2D eigenvalue weighted by Gasteiger charge is -2.13. The van der Waals surface area contributed by atoms with Crippen molar-refractivity contribution >= 4 is 0 Å². The maximum atomic E-state index is 2.25. The number of hydrogen-bond donors (Lipinski definition) is 0. The van der Waals surface area contributed by atoms with Crippen molar-refractivity contribution in [2.45, 2.75) is 33.6 Å². The molecule has 1 heteroatoms. The lowest BCUT2D eigenvalue weighted by molar-refractivity contribution is 0.450. The summed E-state index contributed by atoms with van der Waals surface area (Å²) >= 11 is 0. The summed E-state index contributed by atoms with van der Waals surface area (Å²) in [6.07, 6.45) is 4.61. The Balaban J connectivity index is 3.62. The Kier molecular flexibility index (Phi) is 5.09. The molecule has 0 aromatic carbocycles. The minimum Gasteiger partial charge on any atom is -0.380 e. The third-order valence-electron chi connectivity index (χ3n) is 1.57. The van der Waals surface area contributed by atoms with Crippen LogP contribution in [-0.2, 0) is 0 Å². The third kappa shape index (κ3) is 4.42. The highest BCUT2D eigenvalue weighted by Crippen LogP contribution is 1.99. The molecule has 0 aromatic rings. The Labute approximate surface area is 64.7 Å². The molecule has 0 saturated heterocycles. The molecule has 0 N–H and O–H groups in total. The van der Waals surface area contributed by atoms with Crippen LogP contribution in [0.25, 0.3) is 0 Å². The summed E-state index contributed by atoms with van der Waals surface area (Å²) in [5.74, 6) is 0. The summed E-state index contributed by atoms with van der Waals surface area (Å²) in [6, 6.07) is 0. The minimum atomic E-state index is 1.16. The fourth-order valence-corrected chi connectivity index (χ4v) is 0.885. The van der Waals surface area contributed by atoms with Crippen LogP contribution < -0.4 is 0 Å². The Morgan fingerprint density at radius 2 is 2.00 bits per heavy atom. The molecular weight excluding hydrogens is 122 g/mol. The highest BCUT2D eigenvalue weighted by molar-refractivity contribution is 4.95. The number of nitrogens with zero attached hydrogens (tertiary/aromatic N) is 1. The second kappa shape index (κ2) is 5.33. The maximum absolute atomic E-state index is 2.25. The van der Waals surface area contributed by atoms with Crippen LogP contribution in [0.3, 0.4) is 0 Å². The SMILES string of the molecule is CCCN(C)C=C(C)CC. The molecule has 0 radical (unpaired) electrons. The van der Waals surface area contributed by atoms with Crippen LogP contribution in [0, 0.1) is 0 Å². The molecule has 0 atom stereocenters. The lowest BCUT2D eigenvalue weighted by Crippen LogP contribution is -2.11. The molecule has 10 heavy (non-hydrogen) atoms. The molecule has 60 valence electrons. The van der Waals surface area contributed by atoms with Crippen LogP contribution in [0.4, 0.5) is 0 Å². The first-order chi connectivity index (χ1) is 4.70. The molecule has 0 spiro atoms. The molecule has 0 aliphatic carbocycles. The quantitative estimate of drug-likeness (QED) is 0.581. The van der Waals surface area contributed by atoms with Crippen molar-refractivity contribution < 1.29 is 0 Å². The van der Waals surface area contributed by atoms with Gasteiger partial charge in [-0.15, -0.1) is 0 Å². The average molecular weight is 141 g/mol. The predicted octanol–water partition coefficient (Wildman–Crippen LogP) is 2.64. The van der Waals surface area contributed by atoms with Crippen LogP contribution in [0.1, 0.15) is 33.6 Å². The van der Waals surface area contributed by atoms with E-state index < -0.39 is 0 Å². The van der Waals surface area contributed by atoms with Crippen LogP contribution >= 0.6 is 0 Å². The van der Waals surface area contributed by atoms with E-state index in [2.05, 4.69) is 38.9 Å². The summed E-state index contributed by atoms with van der Waals surface area (Å²) < 4.78 is 0.